The number of allylic oxidation sites excluding steroid dienone is 2. The van der Waals surface area contributed by atoms with Gasteiger partial charge >= 0.3 is 0 Å². The van der Waals surface area contributed by atoms with Crippen LogP contribution in [0.1, 0.15) is 15.9 Å². The van der Waals surface area contributed by atoms with Crippen LogP contribution < -0.4 is 14.8 Å². The van der Waals surface area contributed by atoms with Crippen molar-refractivity contribution in [1.29, 1.82) is 0 Å². The Kier molecular flexibility index (Phi) is 5.89. The molecule has 0 saturated heterocycles. The molecule has 2 aromatic rings. The first-order valence-corrected chi connectivity index (χ1v) is 11.4. The number of nitrogens with zero attached hydrogens (tertiary/aromatic N) is 1. The molecule has 4 rings (SSSR count). The van der Waals surface area contributed by atoms with Crippen LogP contribution in [0, 0.1) is 17.5 Å². The molecule has 0 saturated carbocycles. The van der Waals surface area contributed by atoms with E-state index in [4.69, 9.17) is 0 Å². The smallest absolute Gasteiger partial charge is 0.264 e. The van der Waals surface area contributed by atoms with E-state index in [0.717, 1.165) is 0 Å². The summed E-state index contributed by atoms with van der Waals surface area (Å²) in [5.41, 5.74) is -0.189. The van der Waals surface area contributed by atoms with Gasteiger partial charge < -0.3 is 10.0 Å². The summed E-state index contributed by atoms with van der Waals surface area (Å²) in [4.78, 5) is 12.6. The molecule has 1 amide bonds. The summed E-state index contributed by atoms with van der Waals surface area (Å²) in [6.45, 7) is -0.557. The third-order valence-electron chi connectivity index (χ3n) is 4.54. The number of carbonyl (C=O) groups excluding carboxylic acids is 1. The number of para-hydroxylation sites is 1. The fourth-order valence-corrected chi connectivity index (χ4v) is 5.02. The first-order valence-electron chi connectivity index (χ1n) is 9.10. The van der Waals surface area contributed by atoms with Crippen LogP contribution in [0.4, 0.5) is 18.9 Å². The highest BCUT2D eigenvalue weighted by molar-refractivity contribution is 7.97. The Bertz CT molecular complexity index is 1270. The van der Waals surface area contributed by atoms with Crippen molar-refractivity contribution >= 4 is 33.8 Å². The standard InChI is InChI=1S/C20H15F3N4O3S2/c21-12-8-15(22)14(16(23)9-12)10-24-20(28)13-4-1-2-5-17(13)26-32(29,30)19-6-3-7-27-18(19)11-25-31-27/h1-9,11,25-26H,10H2,(H,24,28). The lowest BCUT2D eigenvalue weighted by Gasteiger charge is -2.21. The maximum atomic E-state index is 13.8. The first-order chi connectivity index (χ1) is 15.3. The zero-order chi connectivity index (χ0) is 22.9. The van der Waals surface area contributed by atoms with Gasteiger partial charge in [-0.15, -0.1) is 0 Å². The minimum absolute atomic E-state index is 0.0110. The number of benzene rings is 2. The minimum atomic E-state index is -4.08. The second kappa shape index (κ2) is 8.63. The van der Waals surface area contributed by atoms with Gasteiger partial charge in [0.05, 0.1) is 29.1 Å². The number of carbonyl (C=O) groups is 1. The van der Waals surface area contributed by atoms with Gasteiger partial charge in [-0.25, -0.2) is 21.6 Å². The number of fused-ring (bicyclic) bond motifs is 1. The molecule has 0 atom stereocenters. The molecule has 2 aliphatic rings. The van der Waals surface area contributed by atoms with Crippen LogP contribution in [0.3, 0.4) is 0 Å². The van der Waals surface area contributed by atoms with E-state index < -0.39 is 45.5 Å². The summed E-state index contributed by atoms with van der Waals surface area (Å²) in [6.07, 6.45) is 6.20. The van der Waals surface area contributed by atoms with E-state index in [1.807, 2.05) is 0 Å². The Hall–Kier alpha value is -3.38. The number of sulfonamides is 1. The Morgan fingerprint density at radius 3 is 2.59 bits per heavy atom. The van der Waals surface area contributed by atoms with Gasteiger partial charge in [-0.1, -0.05) is 12.1 Å². The lowest BCUT2D eigenvalue weighted by molar-refractivity contribution is 0.0951. The zero-order valence-corrected chi connectivity index (χ0v) is 17.7. The van der Waals surface area contributed by atoms with Gasteiger partial charge in [-0.2, -0.15) is 0 Å². The van der Waals surface area contributed by atoms with Gasteiger partial charge in [-0.3, -0.25) is 13.8 Å². The van der Waals surface area contributed by atoms with Crippen LogP contribution in [0.25, 0.3) is 0 Å². The molecule has 2 aromatic carbocycles. The molecule has 0 unspecified atom stereocenters. The average Bonchev–Trinajstić information content (AvgIpc) is 3.21. The van der Waals surface area contributed by atoms with Gasteiger partial charge in [0.2, 0.25) is 0 Å². The quantitative estimate of drug-likeness (QED) is 0.549. The largest absolute Gasteiger partial charge is 0.348 e. The number of anilines is 1. The van der Waals surface area contributed by atoms with Crippen molar-refractivity contribution in [3.05, 3.63) is 100 Å². The van der Waals surface area contributed by atoms with Crippen molar-refractivity contribution in [3.8, 4) is 0 Å². The maximum Gasteiger partial charge on any atom is 0.264 e. The Balaban J connectivity index is 1.55. The molecule has 0 bridgehead atoms. The second-order valence-corrected chi connectivity index (χ2v) is 9.08. The highest BCUT2D eigenvalue weighted by Gasteiger charge is 2.30. The third-order valence-corrected chi connectivity index (χ3v) is 6.69. The molecule has 0 aromatic heterocycles. The van der Waals surface area contributed by atoms with E-state index in [1.54, 1.807) is 16.6 Å². The van der Waals surface area contributed by atoms with Crippen molar-refractivity contribution in [2.75, 3.05) is 4.72 Å². The van der Waals surface area contributed by atoms with E-state index in [2.05, 4.69) is 14.8 Å². The highest BCUT2D eigenvalue weighted by atomic mass is 32.2. The van der Waals surface area contributed by atoms with E-state index in [-0.39, 0.29) is 16.2 Å². The van der Waals surface area contributed by atoms with Crippen molar-refractivity contribution in [1.82, 2.24) is 14.3 Å². The van der Waals surface area contributed by atoms with Crippen LogP contribution in [-0.4, -0.2) is 18.6 Å². The SMILES string of the molecule is O=C(NCc1c(F)cc(F)cc1F)c1ccccc1NS(=O)(=O)C1=CC=CN2SNC=C12. The van der Waals surface area contributed by atoms with Gasteiger partial charge in [0.1, 0.15) is 22.4 Å². The van der Waals surface area contributed by atoms with Crippen LogP contribution in [-0.2, 0) is 16.6 Å². The van der Waals surface area contributed by atoms with Crippen LogP contribution in [0.15, 0.2) is 71.6 Å². The summed E-state index contributed by atoms with van der Waals surface area (Å²) in [5.74, 6) is -4.14. The van der Waals surface area contributed by atoms with Crippen molar-refractivity contribution in [2.24, 2.45) is 0 Å². The molecule has 7 nitrogen and oxygen atoms in total. The van der Waals surface area contributed by atoms with Crippen LogP contribution in [0.5, 0.6) is 0 Å². The molecule has 2 heterocycles. The predicted octanol–water partition coefficient (Wildman–Crippen LogP) is 3.50. The molecule has 0 spiro atoms. The number of hydrogen-bond donors (Lipinski definition) is 3. The molecular weight excluding hydrogens is 465 g/mol. The molecule has 2 aliphatic heterocycles. The molecule has 0 fully saturated rings. The normalized spacial score (nSPS) is 14.9. The summed E-state index contributed by atoms with van der Waals surface area (Å²) >= 11 is 1.19. The van der Waals surface area contributed by atoms with E-state index in [1.165, 1.54) is 48.7 Å². The van der Waals surface area contributed by atoms with Crippen LogP contribution in [0.2, 0.25) is 0 Å². The van der Waals surface area contributed by atoms with Gasteiger partial charge in [0.25, 0.3) is 15.9 Å². The molecule has 3 N–H and O–H groups in total. The van der Waals surface area contributed by atoms with Gasteiger partial charge in [-0.05, 0) is 24.3 Å². The number of halogens is 3. The van der Waals surface area contributed by atoms with Gasteiger partial charge in [0, 0.05) is 36.6 Å². The Morgan fingerprint density at radius 2 is 1.84 bits per heavy atom. The lowest BCUT2D eigenvalue weighted by Crippen LogP contribution is -2.27. The summed E-state index contributed by atoms with van der Waals surface area (Å²) in [6, 6.07) is 6.80. The van der Waals surface area contributed by atoms with E-state index in [9.17, 15) is 26.4 Å². The van der Waals surface area contributed by atoms with Crippen molar-refractivity contribution in [3.63, 3.8) is 0 Å². The number of rotatable bonds is 6. The molecule has 32 heavy (non-hydrogen) atoms. The minimum Gasteiger partial charge on any atom is -0.348 e. The molecular formula is C20H15F3N4O3S2. The van der Waals surface area contributed by atoms with Crippen LogP contribution >= 0.6 is 12.1 Å². The molecule has 0 aliphatic carbocycles. The highest BCUT2D eigenvalue weighted by Crippen LogP contribution is 2.34. The average molecular weight is 480 g/mol. The lowest BCUT2D eigenvalue weighted by atomic mass is 10.1. The predicted molar refractivity (Wildman–Crippen MR) is 114 cm³/mol. The fraction of sp³-hybridized carbons (Fsp3) is 0.0500. The summed E-state index contributed by atoms with van der Waals surface area (Å²) in [5, 5.41) is 2.32. The van der Waals surface area contributed by atoms with E-state index >= 15 is 0 Å². The first kappa shape index (κ1) is 21.8. The summed E-state index contributed by atoms with van der Waals surface area (Å²) in [7, 11) is -4.08. The third kappa shape index (κ3) is 4.32. The number of amides is 1. The fourth-order valence-electron chi connectivity index (χ4n) is 3.04. The molecule has 12 heteroatoms. The molecule has 0 radical (unpaired) electrons. The van der Waals surface area contributed by atoms with Gasteiger partial charge in [0.15, 0.2) is 0 Å². The van der Waals surface area contributed by atoms with E-state index in [0.29, 0.717) is 17.8 Å². The topological polar surface area (TPSA) is 90.5 Å². The Morgan fingerprint density at radius 1 is 1.12 bits per heavy atom. The second-order valence-electron chi connectivity index (χ2n) is 6.62. The monoisotopic (exact) mass is 480 g/mol. The van der Waals surface area contributed by atoms with Crippen molar-refractivity contribution in [2.45, 2.75) is 6.54 Å². The summed E-state index contributed by atoms with van der Waals surface area (Å²) < 4.78 is 73.6. The maximum absolute atomic E-state index is 13.8. The Labute approximate surface area is 186 Å². The zero-order valence-electron chi connectivity index (χ0n) is 16.1. The number of nitrogens with one attached hydrogen (secondary N) is 3. The van der Waals surface area contributed by atoms with Crippen molar-refractivity contribution < 1.29 is 26.4 Å². The number of hydrogen-bond acceptors (Lipinski definition) is 6. The molecule has 166 valence electrons.